The van der Waals surface area contributed by atoms with Crippen molar-refractivity contribution in [1.82, 2.24) is 9.88 Å². The lowest BCUT2D eigenvalue weighted by Crippen LogP contribution is -2.24. The number of nitrogens with zero attached hydrogens (tertiary/aromatic N) is 3. The van der Waals surface area contributed by atoms with Crippen molar-refractivity contribution < 1.29 is 17.4 Å². The average molecular weight is 489 g/mol. The van der Waals surface area contributed by atoms with Gasteiger partial charge in [-0.05, 0) is 57.5 Å². The number of benzene rings is 1. The molecule has 32 heavy (non-hydrogen) atoms. The number of halogens is 4. The van der Waals surface area contributed by atoms with Gasteiger partial charge in [0.15, 0.2) is 16.8 Å². The van der Waals surface area contributed by atoms with Crippen LogP contribution < -0.4 is 9.62 Å². The van der Waals surface area contributed by atoms with Crippen LogP contribution in [0.3, 0.4) is 0 Å². The van der Waals surface area contributed by atoms with E-state index in [1.54, 1.807) is 4.90 Å². The van der Waals surface area contributed by atoms with Crippen molar-refractivity contribution in [2.75, 3.05) is 42.8 Å². The van der Waals surface area contributed by atoms with Crippen LogP contribution in [0.5, 0.6) is 0 Å². The monoisotopic (exact) mass is 488 g/mol. The summed E-state index contributed by atoms with van der Waals surface area (Å²) in [6.07, 6.45) is 5.18. The number of aromatic nitrogens is 1. The number of pyridine rings is 1. The quantitative estimate of drug-likeness (QED) is 0.472. The third-order valence-corrected chi connectivity index (χ3v) is 7.04. The second kappa shape index (κ2) is 11.3. The van der Waals surface area contributed by atoms with Gasteiger partial charge in [-0.2, -0.15) is 4.39 Å². The van der Waals surface area contributed by atoms with E-state index in [1.807, 2.05) is 6.92 Å². The van der Waals surface area contributed by atoms with Gasteiger partial charge < -0.3 is 9.80 Å². The van der Waals surface area contributed by atoms with E-state index in [1.165, 1.54) is 44.5 Å². The minimum absolute atomic E-state index is 0.106. The highest BCUT2D eigenvalue weighted by Gasteiger charge is 2.27. The van der Waals surface area contributed by atoms with Crippen molar-refractivity contribution >= 4 is 34.1 Å². The molecule has 0 radical (unpaired) electrons. The third-order valence-electron chi connectivity index (χ3n) is 5.54. The summed E-state index contributed by atoms with van der Waals surface area (Å²) in [7, 11) is -0.131. The topological polar surface area (TPSA) is 48.5 Å². The van der Waals surface area contributed by atoms with Crippen LogP contribution in [0, 0.1) is 23.5 Å². The highest BCUT2D eigenvalue weighted by Crippen LogP contribution is 2.36. The van der Waals surface area contributed by atoms with Gasteiger partial charge in [0, 0.05) is 19.2 Å². The number of hydrogen-bond donors (Lipinski definition) is 1. The highest BCUT2D eigenvalue weighted by atomic mass is 35.5. The first-order valence-electron chi connectivity index (χ1n) is 10.7. The third kappa shape index (κ3) is 6.36. The van der Waals surface area contributed by atoms with E-state index < -0.39 is 33.5 Å². The average Bonchev–Trinajstić information content (AvgIpc) is 3.18. The van der Waals surface area contributed by atoms with Crippen LogP contribution in [0.1, 0.15) is 32.6 Å². The molecule has 2 fully saturated rings. The Labute approximate surface area is 194 Å². The number of hydrogen-bond acceptors (Lipinski definition) is 4. The zero-order chi connectivity index (χ0) is 23.3. The first-order chi connectivity index (χ1) is 15.3. The van der Waals surface area contributed by atoms with Crippen LogP contribution in [0.4, 0.5) is 24.7 Å². The largest absolute Gasteiger partial charge is 0.370 e. The van der Waals surface area contributed by atoms with Crippen LogP contribution in [-0.4, -0.2) is 47.3 Å². The van der Waals surface area contributed by atoms with Gasteiger partial charge in [-0.1, -0.05) is 31.0 Å². The molecule has 2 unspecified atom stereocenters. The Bertz CT molecular complexity index is 959. The zero-order valence-electron chi connectivity index (χ0n) is 18.2. The first kappa shape index (κ1) is 24.8. The van der Waals surface area contributed by atoms with Crippen molar-refractivity contribution in [2.24, 2.45) is 5.92 Å². The molecule has 0 bridgehead atoms. The fourth-order valence-electron chi connectivity index (χ4n) is 3.78. The van der Waals surface area contributed by atoms with Crippen molar-refractivity contribution in [2.45, 2.75) is 37.5 Å². The zero-order valence-corrected chi connectivity index (χ0v) is 19.8. The molecule has 2 saturated heterocycles. The Morgan fingerprint density at radius 2 is 1.88 bits per heavy atom. The summed E-state index contributed by atoms with van der Waals surface area (Å²) in [4.78, 5) is 6.93. The second-order valence-corrected chi connectivity index (χ2v) is 9.78. The summed E-state index contributed by atoms with van der Waals surface area (Å²) in [5.74, 6) is -2.60. The molecule has 0 amide bonds. The van der Waals surface area contributed by atoms with E-state index >= 15 is 0 Å². The number of anilines is 2. The predicted octanol–water partition coefficient (Wildman–Crippen LogP) is 5.24. The molecule has 2 atom stereocenters. The van der Waals surface area contributed by atoms with Gasteiger partial charge >= 0.3 is 0 Å². The molecule has 4 rings (SSSR count). The lowest BCUT2D eigenvalue weighted by Gasteiger charge is -2.21. The molecule has 5 nitrogen and oxygen atoms in total. The minimum atomic E-state index is -2.32. The van der Waals surface area contributed by atoms with E-state index in [9.17, 15) is 17.4 Å². The van der Waals surface area contributed by atoms with Gasteiger partial charge in [0.25, 0.3) is 0 Å². The lowest BCUT2D eigenvalue weighted by atomic mass is 10.1. The molecule has 0 aliphatic carbocycles. The molecule has 0 saturated carbocycles. The molecule has 1 N–H and O–H groups in total. The number of nitrogens with one attached hydrogen (secondary N) is 1. The molecule has 2 aromatic rings. The molecular formula is C22H28ClF3N4OS. The van der Waals surface area contributed by atoms with Crippen molar-refractivity contribution in [3.8, 4) is 0 Å². The lowest BCUT2D eigenvalue weighted by molar-refractivity contribution is 0.277. The van der Waals surface area contributed by atoms with Crippen molar-refractivity contribution in [1.29, 1.82) is 0 Å². The summed E-state index contributed by atoms with van der Waals surface area (Å²) in [6, 6.07) is 4.84. The van der Waals surface area contributed by atoms with Crippen LogP contribution in [-0.2, 0) is 11.0 Å². The second-order valence-electron chi connectivity index (χ2n) is 8.25. The van der Waals surface area contributed by atoms with Gasteiger partial charge in [0.05, 0.1) is 5.69 Å². The van der Waals surface area contributed by atoms with Gasteiger partial charge in [-0.15, -0.1) is 0 Å². The fraction of sp³-hybridized carbons (Fsp3) is 0.500. The maximum Gasteiger partial charge on any atom is 0.214 e. The number of rotatable bonds is 4. The number of likely N-dealkylation sites (tertiary alicyclic amines) is 1. The fourth-order valence-corrected chi connectivity index (χ4v) is 5.01. The molecule has 3 heterocycles. The van der Waals surface area contributed by atoms with Crippen LogP contribution in [0.25, 0.3) is 0 Å². The van der Waals surface area contributed by atoms with Gasteiger partial charge in [0.1, 0.15) is 21.6 Å². The molecular weight excluding hydrogens is 461 g/mol. The normalized spacial score (nSPS) is 19.9. The Balaban J connectivity index is 0.000000352. The van der Waals surface area contributed by atoms with E-state index in [-0.39, 0.29) is 16.5 Å². The smallest absolute Gasteiger partial charge is 0.214 e. The molecule has 176 valence electrons. The van der Waals surface area contributed by atoms with Gasteiger partial charge in [-0.25, -0.2) is 18.0 Å². The molecule has 2 aliphatic rings. The van der Waals surface area contributed by atoms with E-state index in [2.05, 4.69) is 21.7 Å². The summed E-state index contributed by atoms with van der Waals surface area (Å²) >= 11 is 6.05. The summed E-state index contributed by atoms with van der Waals surface area (Å²) in [5, 5.41) is -0.284. The Kier molecular flexibility index (Phi) is 8.79. The minimum Gasteiger partial charge on any atom is -0.370 e. The van der Waals surface area contributed by atoms with Crippen LogP contribution in [0.15, 0.2) is 29.2 Å². The van der Waals surface area contributed by atoms with Gasteiger partial charge in [0.2, 0.25) is 5.95 Å². The Morgan fingerprint density at radius 1 is 1.16 bits per heavy atom. The van der Waals surface area contributed by atoms with E-state index in [0.717, 1.165) is 18.6 Å². The molecule has 2 aliphatic heterocycles. The van der Waals surface area contributed by atoms with E-state index in [4.69, 9.17) is 11.6 Å². The van der Waals surface area contributed by atoms with Crippen LogP contribution >= 0.6 is 11.6 Å². The number of piperidine rings is 1. The summed E-state index contributed by atoms with van der Waals surface area (Å²) in [5.41, 5.74) is 0.241. The molecule has 10 heteroatoms. The molecule has 0 spiro atoms. The summed E-state index contributed by atoms with van der Waals surface area (Å²) < 4.78 is 56.6. The Hall–Kier alpha value is -1.84. The highest BCUT2D eigenvalue weighted by molar-refractivity contribution is 7.86. The first-order valence-corrected chi connectivity index (χ1v) is 12.2. The van der Waals surface area contributed by atoms with Crippen LogP contribution in [0.2, 0.25) is 5.02 Å². The van der Waals surface area contributed by atoms with Gasteiger partial charge in [-0.3, -0.25) is 4.72 Å². The molecule has 1 aromatic heterocycles. The standard InChI is InChI=1S/C16H15ClF3N3OS.C6H13N/c1-9-5-6-23(8-9)11-7-10(18)16(15(20)14(11)17)25(24)22-13-4-2-3-12(19)21-13;1-7-5-3-2-4-6-7/h2-4,7,9H,5-6,8H2,1H3,(H,21,22);2-6H2,1H3. The van der Waals surface area contributed by atoms with Crippen molar-refractivity contribution in [3.63, 3.8) is 0 Å². The maximum absolute atomic E-state index is 14.6. The van der Waals surface area contributed by atoms with Crippen molar-refractivity contribution in [3.05, 3.63) is 46.9 Å². The van der Waals surface area contributed by atoms with E-state index in [0.29, 0.717) is 19.0 Å². The maximum atomic E-state index is 14.6. The SMILES string of the molecule is CC1CCN(c2cc(F)c(S(=O)Nc3cccc(F)n3)c(F)c2Cl)C1.CN1CCCCC1. The summed E-state index contributed by atoms with van der Waals surface area (Å²) in [6.45, 7) is 5.97. The molecule has 1 aromatic carbocycles. The predicted molar refractivity (Wildman–Crippen MR) is 123 cm³/mol. The Morgan fingerprint density at radius 3 is 2.44 bits per heavy atom.